The zero-order valence-corrected chi connectivity index (χ0v) is 11.7. The van der Waals surface area contributed by atoms with E-state index in [1.54, 1.807) is 0 Å². The number of nitrogens with one attached hydrogen (secondary N) is 1. The zero-order chi connectivity index (χ0) is 12.0. The van der Waals surface area contributed by atoms with Gasteiger partial charge in [0.15, 0.2) is 0 Å². The monoisotopic (exact) mass is 284 g/mol. The van der Waals surface area contributed by atoms with Gasteiger partial charge in [-0.3, -0.25) is 0 Å². The van der Waals surface area contributed by atoms with Gasteiger partial charge in [-0.1, -0.05) is 42.1 Å². The summed E-state index contributed by atoms with van der Waals surface area (Å²) in [4.78, 5) is 0. The molecular formula is C13H21BrN2. The molecule has 0 aromatic heterocycles. The lowest BCUT2D eigenvalue weighted by atomic mass is 10.1. The van der Waals surface area contributed by atoms with Crippen molar-refractivity contribution in [2.45, 2.75) is 45.6 Å². The van der Waals surface area contributed by atoms with Crippen molar-refractivity contribution in [2.75, 3.05) is 11.1 Å². The Morgan fingerprint density at radius 2 is 2.12 bits per heavy atom. The molecule has 0 aliphatic rings. The van der Waals surface area contributed by atoms with Gasteiger partial charge in [-0.2, -0.15) is 0 Å². The van der Waals surface area contributed by atoms with E-state index in [1.807, 2.05) is 18.2 Å². The first-order valence-electron chi connectivity index (χ1n) is 5.95. The molecule has 0 amide bonds. The Balaban J connectivity index is 2.48. The van der Waals surface area contributed by atoms with Crippen molar-refractivity contribution in [3.05, 3.63) is 22.7 Å². The van der Waals surface area contributed by atoms with Crippen molar-refractivity contribution in [1.82, 2.24) is 0 Å². The average molecular weight is 285 g/mol. The minimum atomic E-state index is 0.475. The van der Waals surface area contributed by atoms with Crippen molar-refractivity contribution < 1.29 is 0 Å². The van der Waals surface area contributed by atoms with E-state index >= 15 is 0 Å². The zero-order valence-electron chi connectivity index (χ0n) is 10.1. The summed E-state index contributed by atoms with van der Waals surface area (Å²) in [7, 11) is 0. The van der Waals surface area contributed by atoms with Crippen LogP contribution in [0.2, 0.25) is 0 Å². The van der Waals surface area contributed by atoms with E-state index in [1.165, 1.54) is 25.7 Å². The quantitative estimate of drug-likeness (QED) is 0.600. The van der Waals surface area contributed by atoms with Crippen LogP contribution < -0.4 is 11.1 Å². The highest BCUT2D eigenvalue weighted by Crippen LogP contribution is 2.24. The van der Waals surface area contributed by atoms with E-state index in [-0.39, 0.29) is 0 Å². The normalized spacial score (nSPS) is 12.4. The number of unbranched alkanes of at least 4 members (excludes halogenated alkanes) is 2. The smallest absolute Gasteiger partial charge is 0.0587 e. The number of nitrogens with two attached hydrogens (primary N) is 1. The molecule has 0 saturated heterocycles. The molecule has 0 aliphatic heterocycles. The van der Waals surface area contributed by atoms with Gasteiger partial charge >= 0.3 is 0 Å². The van der Waals surface area contributed by atoms with Gasteiger partial charge in [-0.25, -0.2) is 0 Å². The summed E-state index contributed by atoms with van der Waals surface area (Å²) in [6, 6.07) is 6.39. The number of rotatable bonds is 6. The van der Waals surface area contributed by atoms with E-state index in [9.17, 15) is 0 Å². The molecule has 2 nitrogen and oxygen atoms in total. The third-order valence-electron chi connectivity index (χ3n) is 2.66. The predicted molar refractivity (Wildman–Crippen MR) is 75.8 cm³/mol. The van der Waals surface area contributed by atoms with E-state index in [2.05, 4.69) is 35.1 Å². The minimum absolute atomic E-state index is 0.475. The van der Waals surface area contributed by atoms with Crippen LogP contribution in [0.5, 0.6) is 0 Å². The Kier molecular flexibility index (Phi) is 5.67. The van der Waals surface area contributed by atoms with Gasteiger partial charge in [0, 0.05) is 10.5 Å². The molecule has 1 aromatic rings. The summed E-state index contributed by atoms with van der Waals surface area (Å²) in [5.74, 6) is 0. The van der Waals surface area contributed by atoms with Crippen LogP contribution in [0.3, 0.4) is 0 Å². The molecule has 0 fully saturated rings. The lowest BCUT2D eigenvalue weighted by molar-refractivity contribution is 0.615. The molecule has 1 atom stereocenters. The Labute approximate surface area is 107 Å². The molecule has 0 radical (unpaired) electrons. The maximum Gasteiger partial charge on any atom is 0.0587 e. The van der Waals surface area contributed by atoms with Gasteiger partial charge in [0.1, 0.15) is 0 Å². The number of benzene rings is 1. The lowest BCUT2D eigenvalue weighted by Crippen LogP contribution is -2.15. The standard InChI is InChI=1S/C13H21BrN2/c1-3-4-5-6-10(2)16-13-9-11(14)7-8-12(13)15/h7-10,16H,3-6,15H2,1-2H3. The van der Waals surface area contributed by atoms with Crippen molar-refractivity contribution in [3.63, 3.8) is 0 Å². The van der Waals surface area contributed by atoms with Crippen LogP contribution in [-0.4, -0.2) is 6.04 Å². The molecule has 3 heteroatoms. The molecule has 1 aromatic carbocycles. The van der Waals surface area contributed by atoms with Crippen LogP contribution in [0.25, 0.3) is 0 Å². The van der Waals surface area contributed by atoms with Crippen LogP contribution in [-0.2, 0) is 0 Å². The first-order chi connectivity index (χ1) is 7.63. The van der Waals surface area contributed by atoms with E-state index < -0.39 is 0 Å². The van der Waals surface area contributed by atoms with Crippen LogP contribution in [0.15, 0.2) is 22.7 Å². The molecule has 0 spiro atoms. The maximum absolute atomic E-state index is 5.91. The summed E-state index contributed by atoms with van der Waals surface area (Å²) in [6.45, 7) is 4.43. The second-order valence-electron chi connectivity index (χ2n) is 4.27. The Hall–Kier alpha value is -0.700. The van der Waals surface area contributed by atoms with Crippen molar-refractivity contribution in [2.24, 2.45) is 0 Å². The predicted octanol–water partition coefficient (Wildman–Crippen LogP) is 4.41. The Morgan fingerprint density at radius 1 is 1.38 bits per heavy atom. The first-order valence-corrected chi connectivity index (χ1v) is 6.74. The van der Waals surface area contributed by atoms with Crippen LogP contribution in [0.1, 0.15) is 39.5 Å². The van der Waals surface area contributed by atoms with E-state index in [4.69, 9.17) is 5.73 Å². The number of hydrogen-bond donors (Lipinski definition) is 2. The summed E-state index contributed by atoms with van der Waals surface area (Å²) < 4.78 is 1.06. The van der Waals surface area contributed by atoms with Crippen molar-refractivity contribution in [1.29, 1.82) is 0 Å². The van der Waals surface area contributed by atoms with Gasteiger partial charge < -0.3 is 11.1 Å². The summed E-state index contributed by atoms with van der Waals surface area (Å²) in [5, 5.41) is 3.45. The third kappa shape index (κ3) is 4.44. The first kappa shape index (κ1) is 13.4. The van der Waals surface area contributed by atoms with Gasteiger partial charge in [-0.15, -0.1) is 0 Å². The second-order valence-corrected chi connectivity index (χ2v) is 5.19. The largest absolute Gasteiger partial charge is 0.397 e. The Bertz CT molecular complexity index is 326. The molecule has 1 rings (SSSR count). The molecule has 0 bridgehead atoms. The third-order valence-corrected chi connectivity index (χ3v) is 3.15. The highest BCUT2D eigenvalue weighted by atomic mass is 79.9. The number of anilines is 2. The lowest BCUT2D eigenvalue weighted by Gasteiger charge is -2.16. The molecule has 3 N–H and O–H groups in total. The Morgan fingerprint density at radius 3 is 2.81 bits per heavy atom. The van der Waals surface area contributed by atoms with Gasteiger partial charge in [0.2, 0.25) is 0 Å². The highest BCUT2D eigenvalue weighted by Gasteiger charge is 2.04. The fourth-order valence-electron chi connectivity index (χ4n) is 1.69. The number of halogens is 1. The number of nitrogen functional groups attached to an aromatic ring is 1. The fourth-order valence-corrected chi connectivity index (χ4v) is 2.05. The molecular weight excluding hydrogens is 264 g/mol. The van der Waals surface area contributed by atoms with E-state index in [0.717, 1.165) is 15.8 Å². The van der Waals surface area contributed by atoms with Gasteiger partial charge in [0.25, 0.3) is 0 Å². The van der Waals surface area contributed by atoms with Crippen LogP contribution in [0, 0.1) is 0 Å². The summed E-state index contributed by atoms with van der Waals surface area (Å²) in [5.41, 5.74) is 7.75. The SMILES string of the molecule is CCCCCC(C)Nc1cc(Br)ccc1N. The second kappa shape index (κ2) is 6.79. The van der Waals surface area contributed by atoms with Crippen LogP contribution in [0.4, 0.5) is 11.4 Å². The minimum Gasteiger partial charge on any atom is -0.397 e. The molecule has 16 heavy (non-hydrogen) atoms. The molecule has 0 aliphatic carbocycles. The topological polar surface area (TPSA) is 38.0 Å². The summed E-state index contributed by atoms with van der Waals surface area (Å²) >= 11 is 3.45. The van der Waals surface area contributed by atoms with E-state index in [0.29, 0.717) is 6.04 Å². The molecule has 0 saturated carbocycles. The highest BCUT2D eigenvalue weighted by molar-refractivity contribution is 9.10. The average Bonchev–Trinajstić information content (AvgIpc) is 2.24. The molecule has 0 heterocycles. The molecule has 90 valence electrons. The summed E-state index contributed by atoms with van der Waals surface area (Å²) in [6.07, 6.45) is 5.05. The van der Waals surface area contributed by atoms with Crippen molar-refractivity contribution >= 4 is 27.3 Å². The fraction of sp³-hybridized carbons (Fsp3) is 0.538. The van der Waals surface area contributed by atoms with Crippen LogP contribution >= 0.6 is 15.9 Å². The van der Waals surface area contributed by atoms with Gasteiger partial charge in [-0.05, 0) is 31.5 Å². The van der Waals surface area contributed by atoms with Gasteiger partial charge in [0.05, 0.1) is 11.4 Å². The number of hydrogen-bond acceptors (Lipinski definition) is 2. The maximum atomic E-state index is 5.91. The van der Waals surface area contributed by atoms with Crippen molar-refractivity contribution in [3.8, 4) is 0 Å². The molecule has 1 unspecified atom stereocenters.